The number of rotatable bonds is 6. The summed E-state index contributed by atoms with van der Waals surface area (Å²) < 4.78 is 0. The average Bonchev–Trinajstić information content (AvgIpc) is 2.04. The van der Waals surface area contributed by atoms with Crippen molar-refractivity contribution in [2.75, 3.05) is 19.7 Å². The second-order valence-corrected chi connectivity index (χ2v) is 3.50. The highest BCUT2D eigenvalue weighted by atomic mass is 16.3. The summed E-state index contributed by atoms with van der Waals surface area (Å²) in [6, 6.07) is 0.198. The Morgan fingerprint density at radius 1 is 1.38 bits per heavy atom. The van der Waals surface area contributed by atoms with Crippen molar-refractivity contribution >= 4 is 5.91 Å². The van der Waals surface area contributed by atoms with Crippen molar-refractivity contribution in [3.8, 4) is 0 Å². The van der Waals surface area contributed by atoms with Gasteiger partial charge in [0.15, 0.2) is 0 Å². The fourth-order valence-corrected chi connectivity index (χ4v) is 0.753. The third-order valence-corrected chi connectivity index (χ3v) is 1.96. The SMILES string of the molecule is CC(C)C(C)NC(=O)CNCCO. The minimum absolute atomic E-state index is 0.0188. The number of carbonyl (C=O) groups excluding carboxylic acids is 1. The molecule has 0 heterocycles. The summed E-state index contributed by atoms with van der Waals surface area (Å²) >= 11 is 0. The Morgan fingerprint density at radius 3 is 2.46 bits per heavy atom. The first kappa shape index (κ1) is 12.4. The molecule has 0 aromatic carbocycles. The number of hydrogen-bond donors (Lipinski definition) is 3. The van der Waals surface area contributed by atoms with Crippen LogP contribution in [0.4, 0.5) is 0 Å². The van der Waals surface area contributed by atoms with Crippen LogP contribution in [0.5, 0.6) is 0 Å². The molecule has 0 aliphatic carbocycles. The summed E-state index contributed by atoms with van der Waals surface area (Å²) in [7, 11) is 0. The van der Waals surface area contributed by atoms with E-state index in [2.05, 4.69) is 24.5 Å². The smallest absolute Gasteiger partial charge is 0.234 e. The lowest BCUT2D eigenvalue weighted by Gasteiger charge is -2.17. The van der Waals surface area contributed by atoms with Crippen LogP contribution >= 0.6 is 0 Å². The van der Waals surface area contributed by atoms with Gasteiger partial charge in [-0.3, -0.25) is 4.79 Å². The van der Waals surface area contributed by atoms with Crippen molar-refractivity contribution in [2.45, 2.75) is 26.8 Å². The Bertz CT molecular complexity index is 149. The summed E-state index contributed by atoms with van der Waals surface area (Å²) in [6.45, 7) is 6.90. The van der Waals surface area contributed by atoms with Crippen LogP contribution in [0.25, 0.3) is 0 Å². The molecule has 1 atom stereocenters. The van der Waals surface area contributed by atoms with E-state index in [9.17, 15) is 4.79 Å². The molecule has 78 valence electrons. The van der Waals surface area contributed by atoms with Gasteiger partial charge < -0.3 is 15.7 Å². The molecule has 0 bridgehead atoms. The summed E-state index contributed by atoms with van der Waals surface area (Å²) in [5, 5.41) is 14.1. The van der Waals surface area contributed by atoms with Gasteiger partial charge in [-0.1, -0.05) is 13.8 Å². The third-order valence-electron chi connectivity index (χ3n) is 1.96. The van der Waals surface area contributed by atoms with E-state index in [1.54, 1.807) is 0 Å². The Labute approximate surface area is 79.7 Å². The maximum Gasteiger partial charge on any atom is 0.234 e. The molecule has 0 saturated carbocycles. The number of carbonyl (C=O) groups is 1. The average molecular weight is 188 g/mol. The van der Waals surface area contributed by atoms with E-state index in [-0.39, 0.29) is 25.1 Å². The van der Waals surface area contributed by atoms with Gasteiger partial charge in [0.2, 0.25) is 5.91 Å². The molecule has 0 rings (SSSR count). The van der Waals surface area contributed by atoms with E-state index in [4.69, 9.17) is 5.11 Å². The first-order valence-electron chi connectivity index (χ1n) is 4.69. The Hall–Kier alpha value is -0.610. The molecule has 3 N–H and O–H groups in total. The molecule has 0 aliphatic rings. The minimum atomic E-state index is -0.0188. The first-order chi connectivity index (χ1) is 6.07. The van der Waals surface area contributed by atoms with Crippen LogP contribution in [-0.2, 0) is 4.79 Å². The van der Waals surface area contributed by atoms with Gasteiger partial charge in [0.1, 0.15) is 0 Å². The summed E-state index contributed by atoms with van der Waals surface area (Å²) in [6.07, 6.45) is 0. The summed E-state index contributed by atoms with van der Waals surface area (Å²) in [5.41, 5.74) is 0. The van der Waals surface area contributed by atoms with Crippen molar-refractivity contribution in [1.29, 1.82) is 0 Å². The minimum Gasteiger partial charge on any atom is -0.395 e. The van der Waals surface area contributed by atoms with Gasteiger partial charge >= 0.3 is 0 Å². The van der Waals surface area contributed by atoms with E-state index in [0.29, 0.717) is 12.5 Å². The van der Waals surface area contributed by atoms with Crippen LogP contribution in [0.1, 0.15) is 20.8 Å². The zero-order chi connectivity index (χ0) is 10.3. The molecule has 0 aromatic heterocycles. The number of nitrogens with one attached hydrogen (secondary N) is 2. The molecule has 0 fully saturated rings. The monoisotopic (exact) mass is 188 g/mol. The Kier molecular flexibility index (Phi) is 6.54. The predicted molar refractivity (Wildman–Crippen MR) is 52.4 cm³/mol. The van der Waals surface area contributed by atoms with Crippen LogP contribution in [-0.4, -0.2) is 36.8 Å². The molecule has 4 heteroatoms. The molecule has 1 unspecified atom stereocenters. The van der Waals surface area contributed by atoms with E-state index < -0.39 is 0 Å². The van der Waals surface area contributed by atoms with Crippen LogP contribution in [0, 0.1) is 5.92 Å². The van der Waals surface area contributed by atoms with Crippen molar-refractivity contribution in [1.82, 2.24) is 10.6 Å². The van der Waals surface area contributed by atoms with E-state index in [1.165, 1.54) is 0 Å². The topological polar surface area (TPSA) is 61.4 Å². The number of aliphatic hydroxyl groups excluding tert-OH is 1. The molecular weight excluding hydrogens is 168 g/mol. The highest BCUT2D eigenvalue weighted by Crippen LogP contribution is 1.98. The van der Waals surface area contributed by atoms with Gasteiger partial charge in [0.05, 0.1) is 13.2 Å². The molecular formula is C9H20N2O2. The van der Waals surface area contributed by atoms with E-state index in [0.717, 1.165) is 0 Å². The van der Waals surface area contributed by atoms with Crippen LogP contribution in [0.3, 0.4) is 0 Å². The standard InChI is InChI=1S/C9H20N2O2/c1-7(2)8(3)11-9(13)6-10-4-5-12/h7-8,10,12H,4-6H2,1-3H3,(H,11,13). The summed E-state index contributed by atoms with van der Waals surface area (Å²) in [4.78, 5) is 11.2. The van der Waals surface area contributed by atoms with Gasteiger partial charge in [0.25, 0.3) is 0 Å². The Balaban J connectivity index is 3.50. The maximum absolute atomic E-state index is 11.2. The molecule has 0 saturated heterocycles. The van der Waals surface area contributed by atoms with Crippen molar-refractivity contribution in [2.24, 2.45) is 5.92 Å². The van der Waals surface area contributed by atoms with Gasteiger partial charge in [-0.15, -0.1) is 0 Å². The molecule has 13 heavy (non-hydrogen) atoms. The quantitative estimate of drug-likeness (QED) is 0.503. The lowest BCUT2D eigenvalue weighted by molar-refractivity contribution is -0.121. The normalized spacial score (nSPS) is 13.0. The fourth-order valence-electron chi connectivity index (χ4n) is 0.753. The van der Waals surface area contributed by atoms with Gasteiger partial charge in [-0.05, 0) is 12.8 Å². The number of aliphatic hydroxyl groups is 1. The van der Waals surface area contributed by atoms with Crippen molar-refractivity contribution in [3.63, 3.8) is 0 Å². The first-order valence-corrected chi connectivity index (χ1v) is 4.69. The number of hydrogen-bond acceptors (Lipinski definition) is 3. The molecule has 1 amide bonds. The highest BCUT2D eigenvalue weighted by Gasteiger charge is 2.09. The van der Waals surface area contributed by atoms with Crippen LogP contribution in [0.15, 0.2) is 0 Å². The highest BCUT2D eigenvalue weighted by molar-refractivity contribution is 5.78. The zero-order valence-electron chi connectivity index (χ0n) is 8.63. The lowest BCUT2D eigenvalue weighted by Crippen LogP contribution is -2.41. The molecule has 0 spiro atoms. The van der Waals surface area contributed by atoms with Crippen molar-refractivity contribution < 1.29 is 9.90 Å². The zero-order valence-corrected chi connectivity index (χ0v) is 8.63. The third kappa shape index (κ3) is 6.54. The van der Waals surface area contributed by atoms with E-state index in [1.807, 2.05) is 6.92 Å². The molecule has 0 aromatic rings. The lowest BCUT2D eigenvalue weighted by atomic mass is 10.1. The van der Waals surface area contributed by atoms with Gasteiger partial charge in [0, 0.05) is 12.6 Å². The van der Waals surface area contributed by atoms with Gasteiger partial charge in [-0.2, -0.15) is 0 Å². The predicted octanol–water partition coefficient (Wildman–Crippen LogP) is -0.271. The largest absolute Gasteiger partial charge is 0.395 e. The van der Waals surface area contributed by atoms with Gasteiger partial charge in [-0.25, -0.2) is 0 Å². The number of amides is 1. The fraction of sp³-hybridized carbons (Fsp3) is 0.889. The van der Waals surface area contributed by atoms with E-state index >= 15 is 0 Å². The van der Waals surface area contributed by atoms with Crippen molar-refractivity contribution in [3.05, 3.63) is 0 Å². The molecule has 4 nitrogen and oxygen atoms in total. The second-order valence-electron chi connectivity index (χ2n) is 3.50. The maximum atomic E-state index is 11.2. The van der Waals surface area contributed by atoms with Crippen LogP contribution < -0.4 is 10.6 Å². The molecule has 0 radical (unpaired) electrons. The molecule has 0 aliphatic heterocycles. The van der Waals surface area contributed by atoms with Crippen LogP contribution in [0.2, 0.25) is 0 Å². The summed E-state index contributed by atoms with van der Waals surface area (Å²) in [5.74, 6) is 0.427. The second kappa shape index (κ2) is 6.86. The Morgan fingerprint density at radius 2 is 2.00 bits per heavy atom.